The molecular weight excluding hydrogens is 500 g/mol. The first-order valence-electron chi connectivity index (χ1n) is 12.4. The van der Waals surface area contributed by atoms with Crippen LogP contribution in [0.25, 0.3) is 0 Å². The Kier molecular flexibility index (Phi) is 9.26. The molecule has 1 aliphatic rings. The number of nitrogens with two attached hydrogens (primary N) is 1. The van der Waals surface area contributed by atoms with E-state index < -0.39 is 41.3 Å². The molecule has 0 radical (unpaired) electrons. The van der Waals surface area contributed by atoms with Gasteiger partial charge in [0.15, 0.2) is 23.3 Å². The highest BCUT2D eigenvalue weighted by atomic mass is 19.1. The molecule has 208 valence electrons. The molecule has 38 heavy (non-hydrogen) atoms. The Balaban J connectivity index is 1.81. The zero-order valence-electron chi connectivity index (χ0n) is 22.2. The molecule has 2 amide bonds. The van der Waals surface area contributed by atoms with E-state index in [0.29, 0.717) is 32.7 Å². The molecule has 5 N–H and O–H groups in total. The molecule has 0 aromatic carbocycles. The number of morpholine rings is 1. The lowest BCUT2D eigenvalue weighted by molar-refractivity contribution is 0.0503. The number of carbonyl (C=O) groups excluding carboxylic acids is 2. The van der Waals surface area contributed by atoms with Crippen LogP contribution in [0.3, 0.4) is 0 Å². The molecule has 0 bridgehead atoms. The van der Waals surface area contributed by atoms with Crippen molar-refractivity contribution < 1.29 is 27.8 Å². The summed E-state index contributed by atoms with van der Waals surface area (Å²) < 4.78 is 40.4. The van der Waals surface area contributed by atoms with E-state index in [1.165, 1.54) is 12.3 Å². The van der Waals surface area contributed by atoms with Gasteiger partial charge in [-0.1, -0.05) is 6.92 Å². The lowest BCUT2D eigenvalue weighted by atomic mass is 10.1. The molecule has 11 nitrogen and oxygen atoms in total. The third-order valence-corrected chi connectivity index (χ3v) is 5.75. The summed E-state index contributed by atoms with van der Waals surface area (Å²) in [4.78, 5) is 34.4. The lowest BCUT2D eigenvalue weighted by Gasteiger charge is -2.28. The van der Waals surface area contributed by atoms with Crippen LogP contribution in [0.15, 0.2) is 18.3 Å². The van der Waals surface area contributed by atoms with Crippen molar-refractivity contribution in [3.05, 3.63) is 35.5 Å². The number of hydrogen-bond donors (Lipinski definition) is 4. The molecule has 0 unspecified atom stereocenters. The van der Waals surface area contributed by atoms with Crippen LogP contribution in [0.2, 0.25) is 0 Å². The first-order chi connectivity index (χ1) is 17.9. The Morgan fingerprint density at radius 3 is 2.45 bits per heavy atom. The average molecular weight is 536 g/mol. The number of carbonyl (C=O) groups is 2. The van der Waals surface area contributed by atoms with Crippen molar-refractivity contribution >= 4 is 35.1 Å². The first-order valence-corrected chi connectivity index (χ1v) is 12.4. The summed E-state index contributed by atoms with van der Waals surface area (Å²) in [7, 11) is 0. The van der Waals surface area contributed by atoms with Crippen LogP contribution in [0, 0.1) is 11.6 Å². The molecule has 3 rings (SSSR count). The molecule has 0 aliphatic carbocycles. The maximum Gasteiger partial charge on any atom is 0.407 e. The number of ether oxygens (including phenoxy) is 2. The van der Waals surface area contributed by atoms with Gasteiger partial charge in [0.05, 0.1) is 30.7 Å². The van der Waals surface area contributed by atoms with Crippen LogP contribution in [0.1, 0.15) is 51.4 Å². The van der Waals surface area contributed by atoms with Crippen LogP contribution >= 0.6 is 0 Å². The Labute approximate surface area is 220 Å². The summed E-state index contributed by atoms with van der Waals surface area (Å²) in [5.74, 6) is -2.40. The van der Waals surface area contributed by atoms with Gasteiger partial charge < -0.3 is 36.1 Å². The molecular formula is C25H35F2N7O4. The number of anilines is 4. The van der Waals surface area contributed by atoms with Gasteiger partial charge in [-0.25, -0.2) is 23.5 Å². The second kappa shape index (κ2) is 12.2. The maximum absolute atomic E-state index is 14.9. The molecule has 1 fully saturated rings. The minimum Gasteiger partial charge on any atom is -0.444 e. The van der Waals surface area contributed by atoms with Crippen LogP contribution in [-0.2, 0) is 9.47 Å². The highest BCUT2D eigenvalue weighted by Crippen LogP contribution is 2.27. The second-order valence-electron chi connectivity index (χ2n) is 9.93. The van der Waals surface area contributed by atoms with Gasteiger partial charge in [0.25, 0.3) is 5.91 Å². The number of nitrogens with one attached hydrogen (secondary N) is 3. The van der Waals surface area contributed by atoms with Crippen molar-refractivity contribution in [2.75, 3.05) is 41.8 Å². The van der Waals surface area contributed by atoms with E-state index in [1.807, 2.05) is 6.92 Å². The molecule has 1 aliphatic heterocycles. The molecule has 0 saturated carbocycles. The fourth-order valence-corrected chi connectivity index (χ4v) is 3.87. The zero-order chi connectivity index (χ0) is 28.0. The van der Waals surface area contributed by atoms with Gasteiger partial charge in [0.2, 0.25) is 0 Å². The van der Waals surface area contributed by atoms with Gasteiger partial charge in [-0.2, -0.15) is 0 Å². The maximum atomic E-state index is 14.9. The van der Waals surface area contributed by atoms with E-state index in [-0.39, 0.29) is 28.7 Å². The van der Waals surface area contributed by atoms with Gasteiger partial charge in [-0.3, -0.25) is 4.79 Å². The molecule has 3 heterocycles. The quantitative estimate of drug-likeness (QED) is 0.379. The van der Waals surface area contributed by atoms with Crippen molar-refractivity contribution in [1.29, 1.82) is 0 Å². The lowest BCUT2D eigenvalue weighted by Crippen LogP contribution is -2.46. The number of alkyl carbamates (subject to hydrolysis) is 1. The molecule has 0 spiro atoms. The molecule has 1 saturated heterocycles. The number of halogens is 2. The summed E-state index contributed by atoms with van der Waals surface area (Å²) >= 11 is 0. The minimum absolute atomic E-state index is 0.0793. The topological polar surface area (TPSA) is 144 Å². The highest BCUT2D eigenvalue weighted by molar-refractivity contribution is 5.98. The van der Waals surface area contributed by atoms with Crippen molar-refractivity contribution in [3.63, 3.8) is 0 Å². The number of rotatable bonds is 9. The SMILES string of the molecule is CC[C@@H](Nc1nc(Nc2cnc(N3CCOCC3)c(F)c2)c(C(N)=O)cc1F)[C@H](C)NC(=O)OC(C)(C)C. The van der Waals surface area contributed by atoms with Gasteiger partial charge in [0.1, 0.15) is 11.4 Å². The van der Waals surface area contributed by atoms with Crippen molar-refractivity contribution in [2.24, 2.45) is 5.73 Å². The fraction of sp³-hybridized carbons (Fsp3) is 0.520. The molecule has 2 atom stereocenters. The Morgan fingerprint density at radius 1 is 1.18 bits per heavy atom. The predicted octanol–water partition coefficient (Wildman–Crippen LogP) is 3.54. The van der Waals surface area contributed by atoms with Gasteiger partial charge >= 0.3 is 6.09 Å². The minimum atomic E-state index is -0.921. The second-order valence-corrected chi connectivity index (χ2v) is 9.93. The predicted molar refractivity (Wildman–Crippen MR) is 140 cm³/mol. The Bertz CT molecular complexity index is 1150. The number of amides is 2. The van der Waals surface area contributed by atoms with Crippen molar-refractivity contribution in [2.45, 2.75) is 58.7 Å². The summed E-state index contributed by atoms with van der Waals surface area (Å²) in [6, 6.07) is 1.26. The molecule has 2 aromatic heterocycles. The number of nitrogens with zero attached hydrogens (tertiary/aromatic N) is 3. The monoisotopic (exact) mass is 535 g/mol. The fourth-order valence-electron chi connectivity index (χ4n) is 3.87. The number of primary amides is 1. The summed E-state index contributed by atoms with van der Waals surface area (Å²) in [6.07, 6.45) is 1.27. The van der Waals surface area contributed by atoms with E-state index in [2.05, 4.69) is 25.9 Å². The number of hydrogen-bond acceptors (Lipinski definition) is 9. The van der Waals surface area contributed by atoms with Crippen LogP contribution in [0.5, 0.6) is 0 Å². The third kappa shape index (κ3) is 7.63. The largest absolute Gasteiger partial charge is 0.444 e. The van der Waals surface area contributed by atoms with Crippen LogP contribution in [0.4, 0.5) is 36.7 Å². The normalized spacial score (nSPS) is 15.4. The Hall–Kier alpha value is -3.74. The number of aromatic nitrogens is 2. The van der Waals surface area contributed by atoms with E-state index >= 15 is 0 Å². The van der Waals surface area contributed by atoms with Gasteiger partial charge in [-0.05, 0) is 40.2 Å². The molecule has 2 aromatic rings. The smallest absolute Gasteiger partial charge is 0.407 e. The average Bonchev–Trinajstić information content (AvgIpc) is 2.83. The van der Waals surface area contributed by atoms with E-state index in [1.54, 1.807) is 32.6 Å². The highest BCUT2D eigenvalue weighted by Gasteiger charge is 2.25. The van der Waals surface area contributed by atoms with E-state index in [0.717, 1.165) is 6.07 Å². The molecule has 13 heteroatoms. The zero-order valence-corrected chi connectivity index (χ0v) is 22.2. The van der Waals surface area contributed by atoms with Crippen molar-refractivity contribution in [1.82, 2.24) is 15.3 Å². The van der Waals surface area contributed by atoms with Gasteiger partial charge in [0, 0.05) is 31.2 Å². The summed E-state index contributed by atoms with van der Waals surface area (Å²) in [6.45, 7) is 10.8. The standard InChI is InChI=1S/C25H35F2N7O4/c1-6-19(14(2)30-24(36)38-25(3,4)5)32-22-17(26)12-16(20(28)35)21(33-22)31-15-11-18(27)23(29-13-15)34-7-9-37-10-8-34/h11-14,19H,6-10H2,1-5H3,(H2,28,35)(H,30,36)(H2,31,32,33)/t14-,19+/m0/s1. The van der Waals surface area contributed by atoms with Crippen molar-refractivity contribution in [3.8, 4) is 0 Å². The third-order valence-electron chi connectivity index (χ3n) is 5.75. The summed E-state index contributed by atoms with van der Waals surface area (Å²) in [5.41, 5.74) is 4.74. The van der Waals surface area contributed by atoms with Crippen LogP contribution < -0.4 is 26.6 Å². The first kappa shape index (κ1) is 28.8. The number of pyridine rings is 2. The van der Waals surface area contributed by atoms with E-state index in [9.17, 15) is 18.4 Å². The van der Waals surface area contributed by atoms with Crippen LogP contribution in [-0.4, -0.2) is 66.0 Å². The Morgan fingerprint density at radius 2 is 1.87 bits per heavy atom. The van der Waals surface area contributed by atoms with Gasteiger partial charge in [-0.15, -0.1) is 0 Å². The summed E-state index contributed by atoms with van der Waals surface area (Å²) in [5, 5.41) is 8.51. The van der Waals surface area contributed by atoms with E-state index in [4.69, 9.17) is 15.2 Å².